The molecule has 0 aromatic carbocycles. The van der Waals surface area contributed by atoms with Gasteiger partial charge in [0.05, 0.1) is 11.4 Å². The number of nitrogens with zero attached hydrogens (tertiary/aromatic N) is 4. The Morgan fingerprint density at radius 3 is 2.31 bits per heavy atom. The topological polar surface area (TPSA) is 74.8 Å². The minimum Gasteiger partial charge on any atom is -0.361 e. The molecule has 16 heavy (non-hydrogen) atoms. The van der Waals surface area contributed by atoms with Crippen LogP contribution in [0.2, 0.25) is 0 Å². The molecular weight excluding hydrogens is 206 g/mol. The number of hydrogen-bond acceptors (Lipinski definition) is 5. The lowest BCUT2D eigenvalue weighted by Crippen LogP contribution is -2.20. The van der Waals surface area contributed by atoms with E-state index in [1.54, 1.807) is 4.90 Å². The third kappa shape index (κ3) is 1.62. The van der Waals surface area contributed by atoms with Crippen molar-refractivity contribution in [2.24, 2.45) is 0 Å². The molecule has 0 unspecified atom stereocenters. The van der Waals surface area contributed by atoms with Gasteiger partial charge in [0.25, 0.3) is 0 Å². The van der Waals surface area contributed by atoms with Gasteiger partial charge in [-0.3, -0.25) is 4.98 Å². The molecular formula is C10H13N5O. The smallest absolute Gasteiger partial charge is 0.348 e. The van der Waals surface area contributed by atoms with Crippen molar-refractivity contribution in [2.45, 2.75) is 13.8 Å². The number of aromatic amines is 1. The average molecular weight is 219 g/mol. The maximum Gasteiger partial charge on any atom is 0.348 e. The van der Waals surface area contributed by atoms with Crippen molar-refractivity contribution in [2.75, 3.05) is 19.0 Å². The normalized spacial score (nSPS) is 10.8. The highest BCUT2D eigenvalue weighted by molar-refractivity contribution is 5.82. The Morgan fingerprint density at radius 1 is 1.06 bits per heavy atom. The molecule has 0 aliphatic rings. The molecule has 0 atom stereocenters. The molecule has 2 aromatic heterocycles. The second kappa shape index (κ2) is 3.55. The highest BCUT2D eigenvalue weighted by Crippen LogP contribution is 2.17. The predicted octanol–water partition coefficient (Wildman–Crippen LogP) is 0.396. The monoisotopic (exact) mass is 219 g/mol. The predicted molar refractivity (Wildman–Crippen MR) is 61.8 cm³/mol. The number of aromatic nitrogens is 4. The molecule has 0 saturated heterocycles. The lowest BCUT2D eigenvalue weighted by atomic mass is 10.3. The van der Waals surface area contributed by atoms with E-state index >= 15 is 0 Å². The van der Waals surface area contributed by atoms with Gasteiger partial charge in [-0.2, -0.15) is 4.98 Å². The number of H-pyrrole nitrogens is 1. The maximum atomic E-state index is 11.3. The van der Waals surface area contributed by atoms with Crippen LogP contribution >= 0.6 is 0 Å². The molecule has 2 heterocycles. The Balaban J connectivity index is 2.90. The maximum absolute atomic E-state index is 11.3. The quantitative estimate of drug-likeness (QED) is 0.751. The molecule has 84 valence electrons. The zero-order valence-electron chi connectivity index (χ0n) is 9.70. The van der Waals surface area contributed by atoms with Crippen LogP contribution in [0.1, 0.15) is 11.4 Å². The van der Waals surface area contributed by atoms with E-state index in [9.17, 15) is 4.79 Å². The van der Waals surface area contributed by atoms with Crippen molar-refractivity contribution >= 4 is 17.0 Å². The zero-order valence-corrected chi connectivity index (χ0v) is 9.70. The Hall–Kier alpha value is -1.98. The van der Waals surface area contributed by atoms with Crippen LogP contribution in [0.15, 0.2) is 4.79 Å². The molecule has 0 amide bonds. The number of aryl methyl sites for hydroxylation is 2. The second-order valence-electron chi connectivity index (χ2n) is 3.85. The van der Waals surface area contributed by atoms with Crippen molar-refractivity contribution < 1.29 is 0 Å². The van der Waals surface area contributed by atoms with E-state index < -0.39 is 5.69 Å². The standard InChI is InChI=1S/C10H13N5O/c1-5-6(2)12-8-7(11-5)9(15(3)4)14-10(16)13-8/h1-4H3,(H,12,13,14,16). The first kappa shape index (κ1) is 10.5. The van der Waals surface area contributed by atoms with Crippen LogP contribution in [0.25, 0.3) is 11.2 Å². The van der Waals surface area contributed by atoms with Crippen molar-refractivity contribution in [1.29, 1.82) is 0 Å². The number of nitrogens with one attached hydrogen (secondary N) is 1. The summed E-state index contributed by atoms with van der Waals surface area (Å²) in [6.07, 6.45) is 0. The van der Waals surface area contributed by atoms with Crippen molar-refractivity contribution in [3.63, 3.8) is 0 Å². The molecule has 0 bridgehead atoms. The first-order valence-corrected chi connectivity index (χ1v) is 4.91. The first-order chi connectivity index (χ1) is 7.49. The number of anilines is 1. The summed E-state index contributed by atoms with van der Waals surface area (Å²) in [6, 6.07) is 0. The molecule has 2 rings (SSSR count). The van der Waals surface area contributed by atoms with Crippen molar-refractivity contribution in [3.05, 3.63) is 21.9 Å². The molecule has 0 aliphatic carbocycles. The second-order valence-corrected chi connectivity index (χ2v) is 3.85. The van der Waals surface area contributed by atoms with Crippen molar-refractivity contribution in [1.82, 2.24) is 19.9 Å². The molecule has 0 radical (unpaired) electrons. The number of fused-ring (bicyclic) bond motifs is 1. The largest absolute Gasteiger partial charge is 0.361 e. The average Bonchev–Trinajstić information content (AvgIpc) is 2.19. The van der Waals surface area contributed by atoms with E-state index in [1.807, 2.05) is 27.9 Å². The summed E-state index contributed by atoms with van der Waals surface area (Å²) in [5, 5.41) is 0. The first-order valence-electron chi connectivity index (χ1n) is 4.91. The minimum atomic E-state index is -0.409. The van der Waals surface area contributed by atoms with Crippen LogP contribution in [0, 0.1) is 13.8 Å². The van der Waals surface area contributed by atoms with E-state index in [-0.39, 0.29) is 0 Å². The number of rotatable bonds is 1. The SMILES string of the molecule is Cc1nc2[nH]c(=O)nc(N(C)C)c2nc1C. The van der Waals surface area contributed by atoms with Crippen LogP contribution in [-0.4, -0.2) is 34.0 Å². The molecule has 0 aliphatic heterocycles. The van der Waals surface area contributed by atoms with Crippen molar-refractivity contribution in [3.8, 4) is 0 Å². The zero-order chi connectivity index (χ0) is 11.9. The van der Waals surface area contributed by atoms with E-state index in [2.05, 4.69) is 19.9 Å². The summed E-state index contributed by atoms with van der Waals surface area (Å²) in [4.78, 5) is 28.3. The third-order valence-electron chi connectivity index (χ3n) is 2.38. The molecule has 6 heteroatoms. The fraction of sp³-hybridized carbons (Fsp3) is 0.400. The van der Waals surface area contributed by atoms with Crippen LogP contribution in [0.3, 0.4) is 0 Å². The summed E-state index contributed by atoms with van der Waals surface area (Å²) in [5.74, 6) is 0.536. The van der Waals surface area contributed by atoms with Gasteiger partial charge >= 0.3 is 5.69 Å². The van der Waals surface area contributed by atoms with Gasteiger partial charge in [0.15, 0.2) is 11.5 Å². The van der Waals surface area contributed by atoms with Gasteiger partial charge in [-0.1, -0.05) is 0 Å². The van der Waals surface area contributed by atoms with Crippen LogP contribution in [0.4, 0.5) is 5.82 Å². The Labute approximate surface area is 92.4 Å². The van der Waals surface area contributed by atoms with Gasteiger partial charge in [-0.05, 0) is 13.8 Å². The molecule has 1 N–H and O–H groups in total. The Kier molecular flexibility index (Phi) is 2.34. The van der Waals surface area contributed by atoms with Gasteiger partial charge in [0, 0.05) is 14.1 Å². The Morgan fingerprint density at radius 2 is 1.69 bits per heavy atom. The fourth-order valence-corrected chi connectivity index (χ4v) is 1.44. The summed E-state index contributed by atoms with van der Waals surface area (Å²) in [5.41, 5.74) is 2.33. The highest BCUT2D eigenvalue weighted by atomic mass is 16.1. The van der Waals surface area contributed by atoms with E-state index in [4.69, 9.17) is 0 Å². The molecule has 0 saturated carbocycles. The molecule has 0 fully saturated rings. The van der Waals surface area contributed by atoms with E-state index in [1.165, 1.54) is 0 Å². The molecule has 2 aromatic rings. The van der Waals surface area contributed by atoms with E-state index in [0.29, 0.717) is 17.0 Å². The third-order valence-corrected chi connectivity index (χ3v) is 2.38. The highest BCUT2D eigenvalue weighted by Gasteiger charge is 2.11. The summed E-state index contributed by atoms with van der Waals surface area (Å²) < 4.78 is 0. The summed E-state index contributed by atoms with van der Waals surface area (Å²) >= 11 is 0. The van der Waals surface area contributed by atoms with Crippen LogP contribution in [0.5, 0.6) is 0 Å². The molecule has 0 spiro atoms. The summed E-state index contributed by atoms with van der Waals surface area (Å²) in [7, 11) is 3.64. The van der Waals surface area contributed by atoms with Gasteiger partial charge in [0.1, 0.15) is 5.52 Å². The van der Waals surface area contributed by atoms with Gasteiger partial charge < -0.3 is 4.90 Å². The van der Waals surface area contributed by atoms with E-state index in [0.717, 1.165) is 11.4 Å². The van der Waals surface area contributed by atoms with Gasteiger partial charge in [-0.15, -0.1) is 0 Å². The van der Waals surface area contributed by atoms with Gasteiger partial charge in [-0.25, -0.2) is 14.8 Å². The van der Waals surface area contributed by atoms with Gasteiger partial charge in [0.2, 0.25) is 0 Å². The Bertz CT molecular complexity index is 602. The lowest BCUT2D eigenvalue weighted by molar-refractivity contribution is 0.985. The lowest BCUT2D eigenvalue weighted by Gasteiger charge is -2.12. The number of hydrogen-bond donors (Lipinski definition) is 1. The van der Waals surface area contributed by atoms with Crippen LogP contribution < -0.4 is 10.6 Å². The fourth-order valence-electron chi connectivity index (χ4n) is 1.44. The van der Waals surface area contributed by atoms with Crippen LogP contribution in [-0.2, 0) is 0 Å². The summed E-state index contributed by atoms with van der Waals surface area (Å²) in [6.45, 7) is 3.74. The minimum absolute atomic E-state index is 0.409. The molecule has 6 nitrogen and oxygen atoms in total.